The van der Waals surface area contributed by atoms with E-state index in [0.29, 0.717) is 6.54 Å². The summed E-state index contributed by atoms with van der Waals surface area (Å²) < 4.78 is 1.50. The molecule has 0 radical (unpaired) electrons. The Hall–Kier alpha value is -1.52. The van der Waals surface area contributed by atoms with E-state index >= 15 is 0 Å². The lowest BCUT2D eigenvalue weighted by Crippen LogP contribution is -2.19. The molecule has 1 aromatic rings. The third kappa shape index (κ3) is 1.31. The highest BCUT2D eigenvalue weighted by molar-refractivity contribution is 5.92. The molecule has 0 bridgehead atoms. The quantitative estimate of drug-likeness (QED) is 0.591. The van der Waals surface area contributed by atoms with Gasteiger partial charge >= 0.3 is 0 Å². The molecule has 1 heterocycles. The SMILES string of the molecule is CCn1cc(C(N)=O)c(=O)[nH]1. The second-order valence-electron chi connectivity index (χ2n) is 2.13. The molecule has 0 unspecified atom stereocenters. The van der Waals surface area contributed by atoms with Crippen molar-refractivity contribution in [1.82, 2.24) is 9.78 Å². The Labute approximate surface area is 62.8 Å². The van der Waals surface area contributed by atoms with Crippen molar-refractivity contribution in [2.75, 3.05) is 0 Å². The Kier molecular flexibility index (Phi) is 1.80. The van der Waals surface area contributed by atoms with Crippen LogP contribution in [-0.4, -0.2) is 15.7 Å². The number of amides is 1. The van der Waals surface area contributed by atoms with E-state index in [9.17, 15) is 9.59 Å². The number of hydrogen-bond donors (Lipinski definition) is 2. The van der Waals surface area contributed by atoms with Crippen molar-refractivity contribution in [3.8, 4) is 0 Å². The lowest BCUT2D eigenvalue weighted by atomic mass is 10.3. The first kappa shape index (κ1) is 7.59. The average Bonchev–Trinajstić information content (AvgIpc) is 2.30. The highest BCUT2D eigenvalue weighted by Gasteiger charge is 2.07. The molecule has 0 aliphatic carbocycles. The van der Waals surface area contributed by atoms with Crippen molar-refractivity contribution in [1.29, 1.82) is 0 Å². The molecule has 5 heteroatoms. The molecule has 0 aliphatic rings. The second-order valence-corrected chi connectivity index (χ2v) is 2.13. The largest absolute Gasteiger partial charge is 0.365 e. The Morgan fingerprint density at radius 2 is 2.45 bits per heavy atom. The van der Waals surface area contributed by atoms with Gasteiger partial charge in [0.25, 0.3) is 11.5 Å². The molecule has 0 aromatic carbocycles. The number of carbonyl (C=O) groups is 1. The van der Waals surface area contributed by atoms with Crippen LogP contribution in [0.1, 0.15) is 17.3 Å². The Balaban J connectivity index is 3.18. The summed E-state index contributed by atoms with van der Waals surface area (Å²) in [7, 11) is 0. The number of H-pyrrole nitrogens is 1. The number of primary amides is 1. The Morgan fingerprint density at radius 1 is 1.82 bits per heavy atom. The molecule has 0 fully saturated rings. The summed E-state index contributed by atoms with van der Waals surface area (Å²) in [5.74, 6) is -0.696. The number of nitrogens with one attached hydrogen (secondary N) is 1. The summed E-state index contributed by atoms with van der Waals surface area (Å²) in [6, 6.07) is 0. The molecule has 3 N–H and O–H groups in total. The third-order valence-corrected chi connectivity index (χ3v) is 1.38. The molecule has 5 nitrogen and oxygen atoms in total. The van der Waals surface area contributed by atoms with E-state index in [0.717, 1.165) is 0 Å². The van der Waals surface area contributed by atoms with Crippen LogP contribution in [0.25, 0.3) is 0 Å². The minimum atomic E-state index is -0.696. The van der Waals surface area contributed by atoms with Crippen LogP contribution >= 0.6 is 0 Å². The summed E-state index contributed by atoms with van der Waals surface area (Å²) in [6.07, 6.45) is 1.41. The zero-order valence-corrected chi connectivity index (χ0v) is 6.13. The first-order chi connectivity index (χ1) is 5.15. The zero-order chi connectivity index (χ0) is 8.43. The highest BCUT2D eigenvalue weighted by atomic mass is 16.2. The van der Waals surface area contributed by atoms with Gasteiger partial charge < -0.3 is 5.73 Å². The number of aromatic nitrogens is 2. The maximum atomic E-state index is 10.9. The van der Waals surface area contributed by atoms with E-state index in [1.165, 1.54) is 10.9 Å². The van der Waals surface area contributed by atoms with Crippen LogP contribution in [0.2, 0.25) is 0 Å². The van der Waals surface area contributed by atoms with E-state index in [2.05, 4.69) is 5.10 Å². The van der Waals surface area contributed by atoms with Gasteiger partial charge in [0, 0.05) is 12.7 Å². The zero-order valence-electron chi connectivity index (χ0n) is 6.13. The van der Waals surface area contributed by atoms with E-state index in [-0.39, 0.29) is 5.56 Å². The van der Waals surface area contributed by atoms with Crippen molar-refractivity contribution in [2.45, 2.75) is 13.5 Å². The van der Waals surface area contributed by atoms with Crippen LogP contribution in [0.3, 0.4) is 0 Å². The van der Waals surface area contributed by atoms with Crippen molar-refractivity contribution in [2.24, 2.45) is 5.73 Å². The topological polar surface area (TPSA) is 80.9 Å². The Morgan fingerprint density at radius 3 is 2.73 bits per heavy atom. The van der Waals surface area contributed by atoms with E-state index in [1.807, 2.05) is 6.92 Å². The molecule has 60 valence electrons. The summed E-state index contributed by atoms with van der Waals surface area (Å²) in [5.41, 5.74) is 4.49. The van der Waals surface area contributed by atoms with Gasteiger partial charge in [-0.25, -0.2) is 0 Å². The van der Waals surface area contributed by atoms with Gasteiger partial charge in [-0.2, -0.15) is 0 Å². The number of nitrogens with two attached hydrogens (primary N) is 1. The predicted molar refractivity (Wildman–Crippen MR) is 39.2 cm³/mol. The summed E-state index contributed by atoms with van der Waals surface area (Å²) in [4.78, 5) is 21.4. The van der Waals surface area contributed by atoms with Crippen LogP contribution in [0.5, 0.6) is 0 Å². The minimum Gasteiger partial charge on any atom is -0.365 e. The van der Waals surface area contributed by atoms with Crippen molar-refractivity contribution in [3.05, 3.63) is 22.1 Å². The van der Waals surface area contributed by atoms with Crippen molar-refractivity contribution < 1.29 is 4.79 Å². The number of nitrogens with zero attached hydrogens (tertiary/aromatic N) is 1. The molecular weight excluding hydrogens is 146 g/mol. The fourth-order valence-corrected chi connectivity index (χ4v) is 0.783. The molecular formula is C6H9N3O2. The number of carbonyl (C=O) groups excluding carboxylic acids is 1. The van der Waals surface area contributed by atoms with E-state index in [1.54, 1.807) is 0 Å². The molecule has 1 aromatic heterocycles. The molecule has 1 rings (SSSR count). The number of rotatable bonds is 2. The van der Waals surface area contributed by atoms with Crippen molar-refractivity contribution >= 4 is 5.91 Å². The van der Waals surface area contributed by atoms with Gasteiger partial charge in [0.1, 0.15) is 5.56 Å². The van der Waals surface area contributed by atoms with Gasteiger partial charge in [-0.3, -0.25) is 19.4 Å². The fraction of sp³-hybridized carbons (Fsp3) is 0.333. The molecule has 1 amide bonds. The van der Waals surface area contributed by atoms with Gasteiger partial charge in [0.05, 0.1) is 0 Å². The molecule has 0 spiro atoms. The second kappa shape index (κ2) is 2.61. The number of aromatic amines is 1. The third-order valence-electron chi connectivity index (χ3n) is 1.38. The van der Waals surface area contributed by atoms with Crippen LogP contribution < -0.4 is 11.3 Å². The number of aryl methyl sites for hydroxylation is 1. The monoisotopic (exact) mass is 155 g/mol. The van der Waals surface area contributed by atoms with Crippen LogP contribution in [-0.2, 0) is 6.54 Å². The smallest absolute Gasteiger partial charge is 0.276 e. The number of hydrogen-bond acceptors (Lipinski definition) is 2. The lowest BCUT2D eigenvalue weighted by molar-refractivity contribution is 0.0999. The van der Waals surface area contributed by atoms with Crippen LogP contribution in [0.4, 0.5) is 0 Å². The normalized spacial score (nSPS) is 9.91. The summed E-state index contributed by atoms with van der Waals surface area (Å²) in [6.45, 7) is 2.46. The van der Waals surface area contributed by atoms with Crippen LogP contribution in [0, 0.1) is 0 Å². The fourth-order valence-electron chi connectivity index (χ4n) is 0.783. The predicted octanol–water partition coefficient (Wildman–Crippen LogP) is -0.705. The van der Waals surface area contributed by atoms with Gasteiger partial charge in [-0.1, -0.05) is 0 Å². The molecule has 0 atom stereocenters. The summed E-state index contributed by atoms with van der Waals surface area (Å²) >= 11 is 0. The molecule has 0 aliphatic heterocycles. The van der Waals surface area contributed by atoms with E-state index < -0.39 is 11.5 Å². The van der Waals surface area contributed by atoms with Crippen molar-refractivity contribution in [3.63, 3.8) is 0 Å². The standard InChI is InChI=1S/C6H9N3O2/c1-2-9-3-4(5(7)10)6(11)8-9/h3H,2H2,1H3,(H2,7,10)(H,8,11). The van der Waals surface area contributed by atoms with Gasteiger partial charge in [0.15, 0.2) is 0 Å². The molecule has 0 saturated carbocycles. The first-order valence-electron chi connectivity index (χ1n) is 3.24. The maximum absolute atomic E-state index is 10.9. The van der Waals surface area contributed by atoms with Gasteiger partial charge in [-0.15, -0.1) is 0 Å². The molecule has 11 heavy (non-hydrogen) atoms. The lowest BCUT2D eigenvalue weighted by Gasteiger charge is -1.90. The van der Waals surface area contributed by atoms with Crippen LogP contribution in [0.15, 0.2) is 11.0 Å². The van der Waals surface area contributed by atoms with E-state index in [4.69, 9.17) is 5.73 Å². The summed E-state index contributed by atoms with van der Waals surface area (Å²) in [5, 5.41) is 2.44. The first-order valence-corrected chi connectivity index (χ1v) is 3.24. The maximum Gasteiger partial charge on any atom is 0.276 e. The van der Waals surface area contributed by atoms with Gasteiger partial charge in [-0.05, 0) is 6.92 Å². The Bertz CT molecular complexity index is 323. The highest BCUT2D eigenvalue weighted by Crippen LogP contribution is 1.87. The van der Waals surface area contributed by atoms with Gasteiger partial charge in [0.2, 0.25) is 0 Å². The average molecular weight is 155 g/mol. The minimum absolute atomic E-state index is 0.00634. The molecule has 0 saturated heterocycles.